The zero-order valence-electron chi connectivity index (χ0n) is 30.8. The molecular formula is C38H42B2N2O8. The molecule has 0 aliphatic carbocycles. The van der Waals surface area contributed by atoms with Crippen molar-refractivity contribution in [3.63, 3.8) is 0 Å². The molecule has 8 rings (SSSR count). The van der Waals surface area contributed by atoms with Crippen molar-refractivity contribution in [1.82, 2.24) is 9.13 Å². The van der Waals surface area contributed by atoms with Gasteiger partial charge in [0.1, 0.15) is 0 Å². The molecule has 0 radical (unpaired) electrons. The zero-order valence-corrected chi connectivity index (χ0v) is 30.8. The van der Waals surface area contributed by atoms with Gasteiger partial charge in [0.15, 0.2) is 0 Å². The molecule has 4 heterocycles. The van der Waals surface area contributed by atoms with E-state index in [1.54, 1.807) is 12.1 Å². The quantitative estimate of drug-likeness (QED) is 0.197. The highest BCUT2D eigenvalue weighted by molar-refractivity contribution is 6.69. The van der Waals surface area contributed by atoms with E-state index >= 15 is 0 Å². The third-order valence-corrected chi connectivity index (χ3v) is 12.0. The fourth-order valence-electron chi connectivity index (χ4n) is 7.91. The summed E-state index contributed by atoms with van der Waals surface area (Å²) in [6.07, 6.45) is 0. The second-order valence-electron chi connectivity index (χ2n) is 16.8. The molecule has 0 saturated carbocycles. The van der Waals surface area contributed by atoms with Crippen molar-refractivity contribution in [3.8, 4) is 0 Å². The largest absolute Gasteiger partial charge is 0.495 e. The molecule has 0 atom stereocenters. The summed E-state index contributed by atoms with van der Waals surface area (Å²) in [7, 11) is -1.74. The number of hydrogen-bond acceptors (Lipinski definition) is 8. The van der Waals surface area contributed by atoms with Gasteiger partial charge in [0.2, 0.25) is 0 Å². The number of hydrogen-bond donors (Lipinski definition) is 0. The van der Waals surface area contributed by atoms with Crippen LogP contribution in [0.2, 0.25) is 0 Å². The first-order chi connectivity index (χ1) is 23.1. The molecule has 6 aromatic rings. The van der Waals surface area contributed by atoms with Crippen molar-refractivity contribution in [1.29, 1.82) is 0 Å². The van der Waals surface area contributed by atoms with Crippen LogP contribution in [0.4, 0.5) is 0 Å². The fraction of sp³-hybridized carbons (Fsp3) is 0.474. The zero-order chi connectivity index (χ0) is 36.4. The van der Waals surface area contributed by atoms with E-state index in [0.29, 0.717) is 43.2 Å². The maximum atomic E-state index is 14.2. The molecule has 0 amide bonds. The smallest absolute Gasteiger partial charge is 0.399 e. The summed E-state index contributed by atoms with van der Waals surface area (Å²) in [6.45, 7) is 22.9. The Morgan fingerprint density at radius 1 is 0.440 bits per heavy atom. The average Bonchev–Trinajstić information content (AvgIpc) is 3.57. The number of benzene rings is 4. The van der Waals surface area contributed by atoms with Crippen LogP contribution in [0.5, 0.6) is 0 Å². The molecule has 4 aromatic carbocycles. The molecule has 0 spiro atoms. The van der Waals surface area contributed by atoms with E-state index in [1.165, 1.54) is 9.13 Å². The van der Waals surface area contributed by atoms with E-state index in [2.05, 4.69) is 0 Å². The number of nitrogens with zero attached hydrogens (tertiary/aromatic N) is 2. The monoisotopic (exact) mass is 676 g/mol. The van der Waals surface area contributed by atoms with Gasteiger partial charge in [-0.1, -0.05) is 12.1 Å². The lowest BCUT2D eigenvalue weighted by atomic mass is 9.69. The Labute approximate surface area is 289 Å². The molecule has 0 N–H and O–H groups in total. The maximum absolute atomic E-state index is 14.2. The topological polar surface area (TPSA) is 115 Å². The third-order valence-electron chi connectivity index (χ3n) is 12.0. The Bertz CT molecular complexity index is 2460. The van der Waals surface area contributed by atoms with Gasteiger partial charge >= 0.3 is 14.2 Å². The summed E-state index contributed by atoms with van der Waals surface area (Å²) in [4.78, 5) is 56.5. The SMILES string of the molecule is CC(C)n1c(=O)c2cc3c(B4OC(C)(C)C(C)(C)O4)cc4c5c(=O)n(C(C)C)c(=O)c5cc5c(B6OC(C)(C)C(C)(C)O6)cc(c2c1=O)c3c54. The van der Waals surface area contributed by atoms with E-state index < -0.39 is 47.8 Å². The van der Waals surface area contributed by atoms with Crippen LogP contribution >= 0.6 is 0 Å². The lowest BCUT2D eigenvalue weighted by Gasteiger charge is -2.32. The van der Waals surface area contributed by atoms with Crippen molar-refractivity contribution in [2.75, 3.05) is 0 Å². The molecule has 50 heavy (non-hydrogen) atoms. The van der Waals surface area contributed by atoms with E-state index in [-0.39, 0.29) is 44.7 Å². The van der Waals surface area contributed by atoms with Crippen LogP contribution in [0.3, 0.4) is 0 Å². The molecule has 2 aliphatic heterocycles. The summed E-state index contributed by atoms with van der Waals surface area (Å²) in [5, 5.41) is 4.92. The summed E-state index contributed by atoms with van der Waals surface area (Å²) in [5.74, 6) is 0. The van der Waals surface area contributed by atoms with Crippen LogP contribution in [0, 0.1) is 0 Å². The normalized spacial score (nSPS) is 20.1. The summed E-state index contributed by atoms with van der Waals surface area (Å²) >= 11 is 0. The van der Waals surface area contributed by atoms with Gasteiger partial charge in [-0.3, -0.25) is 28.3 Å². The minimum atomic E-state index is -0.870. The predicted molar refractivity (Wildman–Crippen MR) is 201 cm³/mol. The first-order valence-corrected chi connectivity index (χ1v) is 17.4. The minimum Gasteiger partial charge on any atom is -0.399 e. The standard InChI is InChI=1S/C38H42B2N2O8/c1-17(2)41-31(43)23-13-19-26(40-49-37(9,10)38(11,12)50-40)16-22-28-20(14-24-30(22)34(46)42(18(3)4)32(24)44)25(15-21(27(19)28)29(23)33(41)45)39-47-35(5,6)36(7,8)48-39/h13-18H,1-12H3. The van der Waals surface area contributed by atoms with Crippen molar-refractivity contribution >= 4 is 79.0 Å². The molecule has 0 unspecified atom stereocenters. The summed E-state index contributed by atoms with van der Waals surface area (Å²) < 4.78 is 29.0. The first-order valence-electron chi connectivity index (χ1n) is 17.4. The van der Waals surface area contributed by atoms with Crippen LogP contribution < -0.4 is 33.2 Å². The highest BCUT2D eigenvalue weighted by Gasteiger charge is 2.54. The summed E-state index contributed by atoms with van der Waals surface area (Å²) in [6, 6.07) is 6.54. The third kappa shape index (κ3) is 4.07. The van der Waals surface area contributed by atoms with E-state index in [1.807, 2.05) is 95.2 Å². The number of rotatable bonds is 4. The van der Waals surface area contributed by atoms with Gasteiger partial charge in [-0.2, -0.15) is 0 Å². The van der Waals surface area contributed by atoms with Gasteiger partial charge in [0.25, 0.3) is 22.2 Å². The summed E-state index contributed by atoms with van der Waals surface area (Å²) in [5.41, 5.74) is -3.09. The second kappa shape index (κ2) is 9.94. The number of aromatic nitrogens is 2. The van der Waals surface area contributed by atoms with Crippen molar-refractivity contribution in [2.45, 2.75) is 118 Å². The van der Waals surface area contributed by atoms with Crippen LogP contribution in [-0.4, -0.2) is 45.8 Å². The molecule has 12 heteroatoms. The molecule has 2 saturated heterocycles. The predicted octanol–water partition coefficient (Wildman–Crippen LogP) is 4.57. The molecule has 2 fully saturated rings. The molecule has 2 aliphatic rings. The highest BCUT2D eigenvalue weighted by atomic mass is 16.7. The van der Waals surface area contributed by atoms with Crippen molar-refractivity contribution in [3.05, 3.63) is 65.7 Å². The Morgan fingerprint density at radius 2 is 0.740 bits per heavy atom. The first kappa shape index (κ1) is 33.3. The average molecular weight is 676 g/mol. The van der Waals surface area contributed by atoms with Gasteiger partial charge in [-0.05, 0) is 138 Å². The van der Waals surface area contributed by atoms with Gasteiger partial charge in [0, 0.05) is 12.1 Å². The van der Waals surface area contributed by atoms with Gasteiger partial charge in [0.05, 0.1) is 43.9 Å². The Hall–Kier alpha value is -3.83. The van der Waals surface area contributed by atoms with Crippen LogP contribution in [-0.2, 0) is 18.6 Å². The van der Waals surface area contributed by atoms with Crippen LogP contribution in [0.1, 0.15) is 95.2 Å². The van der Waals surface area contributed by atoms with E-state index in [0.717, 1.165) is 0 Å². The highest BCUT2D eigenvalue weighted by Crippen LogP contribution is 2.43. The van der Waals surface area contributed by atoms with Crippen molar-refractivity contribution in [2.24, 2.45) is 0 Å². The second-order valence-corrected chi connectivity index (χ2v) is 16.8. The Morgan fingerprint density at radius 3 is 1.02 bits per heavy atom. The van der Waals surface area contributed by atoms with Gasteiger partial charge in [-0.15, -0.1) is 0 Å². The van der Waals surface area contributed by atoms with E-state index in [9.17, 15) is 19.2 Å². The minimum absolute atomic E-state index is 0.287. The van der Waals surface area contributed by atoms with Gasteiger partial charge < -0.3 is 18.6 Å². The van der Waals surface area contributed by atoms with Crippen molar-refractivity contribution < 1.29 is 18.6 Å². The molecule has 2 aromatic heterocycles. The van der Waals surface area contributed by atoms with E-state index in [4.69, 9.17) is 18.6 Å². The molecule has 258 valence electrons. The lowest BCUT2D eigenvalue weighted by molar-refractivity contribution is 0.00578. The lowest BCUT2D eigenvalue weighted by Crippen LogP contribution is -2.41. The van der Waals surface area contributed by atoms with Crippen LogP contribution in [0.25, 0.3) is 53.9 Å². The Kier molecular flexibility index (Phi) is 6.62. The fourth-order valence-corrected chi connectivity index (χ4v) is 7.91. The van der Waals surface area contributed by atoms with Gasteiger partial charge in [-0.25, -0.2) is 0 Å². The molecule has 0 bridgehead atoms. The number of fused-ring (bicyclic) bond motifs is 4. The molecule has 10 nitrogen and oxygen atoms in total. The Balaban J connectivity index is 1.65. The maximum Gasteiger partial charge on any atom is 0.495 e. The van der Waals surface area contributed by atoms with Crippen LogP contribution in [0.15, 0.2) is 43.4 Å². The molecular weight excluding hydrogens is 634 g/mol.